The minimum atomic E-state index is -0.266. The first-order chi connectivity index (χ1) is 16.0. The number of benzene rings is 2. The van der Waals surface area contributed by atoms with Crippen LogP contribution < -0.4 is 10.2 Å². The van der Waals surface area contributed by atoms with E-state index in [9.17, 15) is 9.59 Å². The fourth-order valence-corrected chi connectivity index (χ4v) is 4.77. The van der Waals surface area contributed by atoms with Crippen molar-refractivity contribution in [3.05, 3.63) is 76.6 Å². The van der Waals surface area contributed by atoms with Crippen molar-refractivity contribution >= 4 is 40.9 Å². The number of nitrogens with zero attached hydrogens (tertiary/aromatic N) is 3. The van der Waals surface area contributed by atoms with Gasteiger partial charge in [0, 0.05) is 47.9 Å². The van der Waals surface area contributed by atoms with Gasteiger partial charge in [-0.25, -0.2) is 0 Å². The lowest BCUT2D eigenvalue weighted by Crippen LogP contribution is -2.51. The quantitative estimate of drug-likeness (QED) is 0.510. The Bertz CT molecular complexity index is 1130. The Kier molecular flexibility index (Phi) is 7.57. The molecule has 0 saturated carbocycles. The second-order valence-corrected chi connectivity index (χ2v) is 9.20. The zero-order chi connectivity index (χ0) is 23.2. The predicted molar refractivity (Wildman–Crippen MR) is 130 cm³/mol. The lowest BCUT2D eigenvalue weighted by atomic mass is 10.2. The highest BCUT2D eigenvalue weighted by Crippen LogP contribution is 2.26. The molecule has 0 atom stereocenters. The van der Waals surface area contributed by atoms with E-state index in [1.54, 1.807) is 11.0 Å². The Morgan fingerprint density at radius 3 is 2.61 bits per heavy atom. The zero-order valence-electron chi connectivity index (χ0n) is 18.3. The molecule has 0 radical (unpaired) electrons. The van der Waals surface area contributed by atoms with Crippen LogP contribution in [0.4, 0.5) is 5.69 Å². The highest BCUT2D eigenvalue weighted by Gasteiger charge is 2.22. The molecular weight excluding hydrogens is 460 g/mol. The van der Waals surface area contributed by atoms with Crippen molar-refractivity contribution in [2.75, 3.05) is 37.6 Å². The molecule has 1 aliphatic rings. The molecule has 1 fully saturated rings. The number of halogens is 1. The summed E-state index contributed by atoms with van der Waals surface area (Å²) >= 11 is 7.59. The second kappa shape index (κ2) is 10.8. The molecule has 1 aromatic heterocycles. The van der Waals surface area contributed by atoms with Crippen LogP contribution in [0.15, 0.2) is 64.0 Å². The Balaban J connectivity index is 1.28. The van der Waals surface area contributed by atoms with Gasteiger partial charge < -0.3 is 19.6 Å². The van der Waals surface area contributed by atoms with Gasteiger partial charge in [-0.15, -0.1) is 11.8 Å². The van der Waals surface area contributed by atoms with Crippen LogP contribution in [-0.2, 0) is 10.5 Å². The first kappa shape index (κ1) is 23.2. The van der Waals surface area contributed by atoms with Crippen LogP contribution in [0.3, 0.4) is 0 Å². The number of anilines is 1. The minimum absolute atomic E-state index is 0.0315. The predicted octanol–water partition coefficient (Wildman–Crippen LogP) is 4.01. The number of thioether (sulfide) groups is 1. The molecule has 33 heavy (non-hydrogen) atoms. The van der Waals surface area contributed by atoms with Crippen LogP contribution >= 0.6 is 23.4 Å². The van der Waals surface area contributed by atoms with Gasteiger partial charge in [0.25, 0.3) is 5.91 Å². The lowest BCUT2D eigenvalue weighted by Gasteiger charge is -2.36. The van der Waals surface area contributed by atoms with Gasteiger partial charge in [-0.3, -0.25) is 9.59 Å². The van der Waals surface area contributed by atoms with E-state index >= 15 is 0 Å². The van der Waals surface area contributed by atoms with E-state index in [4.69, 9.17) is 16.1 Å². The van der Waals surface area contributed by atoms with Gasteiger partial charge in [0.05, 0.1) is 23.6 Å². The average molecular weight is 485 g/mol. The number of nitrogens with one attached hydrogen (secondary N) is 1. The molecular formula is C24H25ClN4O3S. The van der Waals surface area contributed by atoms with E-state index < -0.39 is 0 Å². The van der Waals surface area contributed by atoms with Gasteiger partial charge in [0.2, 0.25) is 5.91 Å². The molecule has 2 heterocycles. The van der Waals surface area contributed by atoms with Crippen molar-refractivity contribution in [1.29, 1.82) is 0 Å². The maximum atomic E-state index is 12.8. The van der Waals surface area contributed by atoms with Gasteiger partial charge in [-0.1, -0.05) is 35.0 Å². The Morgan fingerprint density at radius 1 is 1.09 bits per heavy atom. The standard InChI is InChI=1S/C24H25ClN4O3S/c1-17-13-20(32-27-17)16-33-22-8-3-2-7-21(22)24(31)26-15-23(30)29-11-9-28(10-12-29)19-6-4-5-18(25)14-19/h2-8,13-14H,9-12,15-16H2,1H3,(H,26,31). The molecule has 0 bridgehead atoms. The normalized spacial score (nSPS) is 13.8. The number of piperazine rings is 1. The molecule has 1 saturated heterocycles. The number of amides is 2. The molecule has 0 unspecified atom stereocenters. The second-order valence-electron chi connectivity index (χ2n) is 7.75. The fourth-order valence-electron chi connectivity index (χ4n) is 3.66. The third-order valence-electron chi connectivity index (χ3n) is 5.38. The van der Waals surface area contributed by atoms with Gasteiger partial charge in [0.1, 0.15) is 5.76 Å². The van der Waals surface area contributed by atoms with E-state index in [1.807, 2.05) is 55.5 Å². The largest absolute Gasteiger partial charge is 0.368 e. The number of aryl methyl sites for hydroxylation is 1. The van der Waals surface area contributed by atoms with E-state index in [2.05, 4.69) is 15.4 Å². The van der Waals surface area contributed by atoms with Crippen LogP contribution in [0.25, 0.3) is 0 Å². The van der Waals surface area contributed by atoms with Gasteiger partial charge in [0.15, 0.2) is 0 Å². The maximum Gasteiger partial charge on any atom is 0.252 e. The Hall–Kier alpha value is -2.97. The summed E-state index contributed by atoms with van der Waals surface area (Å²) in [5.41, 5.74) is 2.42. The lowest BCUT2D eigenvalue weighted by molar-refractivity contribution is -0.130. The number of carbonyl (C=O) groups excluding carboxylic acids is 2. The highest BCUT2D eigenvalue weighted by atomic mass is 35.5. The van der Waals surface area contributed by atoms with Crippen molar-refractivity contribution in [3.63, 3.8) is 0 Å². The molecule has 7 nitrogen and oxygen atoms in total. The fraction of sp³-hybridized carbons (Fsp3) is 0.292. The Labute approximate surface area is 202 Å². The number of aromatic nitrogens is 1. The van der Waals surface area contributed by atoms with Crippen LogP contribution in [0.1, 0.15) is 21.8 Å². The maximum absolute atomic E-state index is 12.8. The molecule has 172 valence electrons. The first-order valence-electron chi connectivity index (χ1n) is 10.7. The molecule has 9 heteroatoms. The van der Waals surface area contributed by atoms with Gasteiger partial charge in [-0.05, 0) is 37.3 Å². The summed E-state index contributed by atoms with van der Waals surface area (Å²) in [7, 11) is 0. The van der Waals surface area contributed by atoms with Crippen LogP contribution in [0.5, 0.6) is 0 Å². The zero-order valence-corrected chi connectivity index (χ0v) is 19.9. The molecule has 4 rings (SSSR count). The van der Waals surface area contributed by atoms with Crippen molar-refractivity contribution < 1.29 is 14.1 Å². The Morgan fingerprint density at radius 2 is 1.88 bits per heavy atom. The molecule has 1 aliphatic heterocycles. The van der Waals surface area contributed by atoms with Gasteiger partial charge in [-0.2, -0.15) is 0 Å². The summed E-state index contributed by atoms with van der Waals surface area (Å²) in [4.78, 5) is 30.3. The van der Waals surface area contributed by atoms with E-state index in [1.165, 1.54) is 11.8 Å². The first-order valence-corrected chi connectivity index (χ1v) is 12.1. The third-order valence-corrected chi connectivity index (χ3v) is 6.72. The summed E-state index contributed by atoms with van der Waals surface area (Å²) in [5, 5.41) is 7.36. The SMILES string of the molecule is Cc1cc(CSc2ccccc2C(=O)NCC(=O)N2CCN(c3cccc(Cl)c3)CC2)on1. The number of hydrogen-bond acceptors (Lipinski definition) is 6. The molecule has 0 aliphatic carbocycles. The van der Waals surface area contributed by atoms with E-state index in [0.29, 0.717) is 29.4 Å². The average Bonchev–Trinajstić information content (AvgIpc) is 3.26. The van der Waals surface area contributed by atoms with Crippen molar-refractivity contribution in [3.8, 4) is 0 Å². The number of hydrogen-bond donors (Lipinski definition) is 1. The minimum Gasteiger partial charge on any atom is -0.368 e. The number of rotatable bonds is 7. The summed E-state index contributed by atoms with van der Waals surface area (Å²) in [6, 6.07) is 16.9. The van der Waals surface area contributed by atoms with Crippen molar-refractivity contribution in [1.82, 2.24) is 15.4 Å². The number of carbonyl (C=O) groups is 2. The third kappa shape index (κ3) is 6.09. The van der Waals surface area contributed by atoms with Gasteiger partial charge >= 0.3 is 0 Å². The highest BCUT2D eigenvalue weighted by molar-refractivity contribution is 7.98. The molecule has 2 amide bonds. The molecule has 0 spiro atoms. The summed E-state index contributed by atoms with van der Waals surface area (Å²) in [5.74, 6) is 0.968. The summed E-state index contributed by atoms with van der Waals surface area (Å²) in [6.07, 6.45) is 0. The monoisotopic (exact) mass is 484 g/mol. The van der Waals surface area contributed by atoms with Crippen LogP contribution in [0.2, 0.25) is 5.02 Å². The topological polar surface area (TPSA) is 78.7 Å². The van der Waals surface area contributed by atoms with E-state index in [0.717, 1.165) is 35.1 Å². The van der Waals surface area contributed by atoms with Crippen molar-refractivity contribution in [2.45, 2.75) is 17.6 Å². The molecule has 2 aromatic carbocycles. The van der Waals surface area contributed by atoms with Crippen LogP contribution in [0, 0.1) is 6.92 Å². The van der Waals surface area contributed by atoms with Crippen LogP contribution in [-0.4, -0.2) is 54.6 Å². The van der Waals surface area contributed by atoms with Crippen molar-refractivity contribution in [2.24, 2.45) is 0 Å². The molecule has 3 aromatic rings. The smallest absolute Gasteiger partial charge is 0.252 e. The van der Waals surface area contributed by atoms with E-state index in [-0.39, 0.29) is 18.4 Å². The summed E-state index contributed by atoms with van der Waals surface area (Å²) in [6.45, 7) is 4.49. The molecule has 1 N–H and O–H groups in total. The summed E-state index contributed by atoms with van der Waals surface area (Å²) < 4.78 is 5.24.